The third-order valence-corrected chi connectivity index (χ3v) is 3.47. The first-order valence-corrected chi connectivity index (χ1v) is 8.07. The maximum Gasteiger partial charge on any atom is 0.243 e. The molecule has 0 aliphatic rings. The summed E-state index contributed by atoms with van der Waals surface area (Å²) in [6.45, 7) is 0. The fourth-order valence-electron chi connectivity index (χ4n) is 1.75. The van der Waals surface area contributed by atoms with E-state index in [1.165, 1.54) is 12.1 Å². The lowest BCUT2D eigenvalue weighted by Crippen LogP contribution is -2.14. The molecule has 0 saturated heterocycles. The predicted molar refractivity (Wildman–Crippen MR) is 73.2 cm³/mol. The van der Waals surface area contributed by atoms with Gasteiger partial charge in [-0.25, -0.2) is 8.42 Å². The SMILES string of the molecule is CS(=O)(=O)Cc1noc(C(N)Cc2ccc(O)c(O)c2)n1. The van der Waals surface area contributed by atoms with Gasteiger partial charge in [-0.15, -0.1) is 0 Å². The lowest BCUT2D eigenvalue weighted by atomic mass is 10.1. The van der Waals surface area contributed by atoms with Crippen molar-refractivity contribution in [2.24, 2.45) is 5.73 Å². The van der Waals surface area contributed by atoms with Crippen LogP contribution < -0.4 is 5.73 Å². The second-order valence-electron chi connectivity index (χ2n) is 4.75. The number of hydrogen-bond acceptors (Lipinski definition) is 8. The molecule has 4 N–H and O–H groups in total. The molecule has 8 nitrogen and oxygen atoms in total. The summed E-state index contributed by atoms with van der Waals surface area (Å²) >= 11 is 0. The maximum atomic E-state index is 11.1. The van der Waals surface area contributed by atoms with Gasteiger partial charge >= 0.3 is 0 Å². The molecule has 0 radical (unpaired) electrons. The summed E-state index contributed by atoms with van der Waals surface area (Å²) in [5.41, 5.74) is 6.57. The van der Waals surface area contributed by atoms with Crippen molar-refractivity contribution in [2.45, 2.75) is 18.2 Å². The van der Waals surface area contributed by atoms with Gasteiger partial charge in [-0.1, -0.05) is 11.2 Å². The Labute approximate surface area is 121 Å². The van der Waals surface area contributed by atoms with Gasteiger partial charge < -0.3 is 20.5 Å². The topological polar surface area (TPSA) is 140 Å². The number of aromatic nitrogens is 2. The van der Waals surface area contributed by atoms with E-state index in [2.05, 4.69) is 10.1 Å². The molecular formula is C12H15N3O5S. The van der Waals surface area contributed by atoms with Crippen LogP contribution in [0.5, 0.6) is 11.5 Å². The van der Waals surface area contributed by atoms with Crippen molar-refractivity contribution >= 4 is 9.84 Å². The predicted octanol–water partition coefficient (Wildman–Crippen LogP) is 0.268. The van der Waals surface area contributed by atoms with Crippen LogP contribution in [0.3, 0.4) is 0 Å². The van der Waals surface area contributed by atoms with E-state index in [9.17, 15) is 18.6 Å². The Kier molecular flexibility index (Phi) is 4.14. The molecule has 2 aromatic rings. The summed E-state index contributed by atoms with van der Waals surface area (Å²) in [6.07, 6.45) is 1.36. The first-order chi connectivity index (χ1) is 9.74. The highest BCUT2D eigenvalue weighted by atomic mass is 32.2. The molecule has 0 amide bonds. The minimum absolute atomic E-state index is 0.0523. The van der Waals surface area contributed by atoms with Crippen LogP contribution in [0.4, 0.5) is 0 Å². The number of phenols is 2. The maximum absolute atomic E-state index is 11.1. The lowest BCUT2D eigenvalue weighted by molar-refractivity contribution is 0.350. The summed E-state index contributed by atoms with van der Waals surface area (Å²) in [5, 5.41) is 22.2. The average molecular weight is 313 g/mol. The Hall–Kier alpha value is -2.13. The van der Waals surface area contributed by atoms with E-state index in [0.29, 0.717) is 5.56 Å². The number of benzene rings is 1. The van der Waals surface area contributed by atoms with Crippen molar-refractivity contribution in [3.8, 4) is 11.5 Å². The van der Waals surface area contributed by atoms with E-state index < -0.39 is 15.9 Å². The van der Waals surface area contributed by atoms with Crippen LogP contribution in [-0.2, 0) is 22.0 Å². The van der Waals surface area contributed by atoms with Gasteiger partial charge in [-0.2, -0.15) is 4.98 Å². The fourth-order valence-corrected chi connectivity index (χ4v) is 2.33. The largest absolute Gasteiger partial charge is 0.504 e. The third kappa shape index (κ3) is 4.17. The molecule has 2 rings (SSSR count). The number of hydrogen-bond donors (Lipinski definition) is 3. The Balaban J connectivity index is 2.09. The van der Waals surface area contributed by atoms with Gasteiger partial charge in [-0.3, -0.25) is 0 Å². The molecule has 0 saturated carbocycles. The van der Waals surface area contributed by atoms with Crippen LogP contribution in [0.1, 0.15) is 23.3 Å². The number of phenolic OH excluding ortho intramolecular Hbond substituents is 2. The Morgan fingerprint density at radius 3 is 2.67 bits per heavy atom. The van der Waals surface area contributed by atoms with Gasteiger partial charge in [0.25, 0.3) is 0 Å². The monoisotopic (exact) mass is 313 g/mol. The molecule has 1 atom stereocenters. The number of rotatable bonds is 5. The lowest BCUT2D eigenvalue weighted by Gasteiger charge is -2.07. The summed E-state index contributed by atoms with van der Waals surface area (Å²) < 4.78 is 27.2. The molecular weight excluding hydrogens is 298 g/mol. The second-order valence-corrected chi connectivity index (χ2v) is 6.89. The molecule has 0 bridgehead atoms. The first-order valence-electron chi connectivity index (χ1n) is 6.01. The van der Waals surface area contributed by atoms with E-state index in [1.54, 1.807) is 6.07 Å². The molecule has 0 aliphatic heterocycles. The van der Waals surface area contributed by atoms with Crippen molar-refractivity contribution < 1.29 is 23.2 Å². The highest BCUT2D eigenvalue weighted by Crippen LogP contribution is 2.26. The van der Waals surface area contributed by atoms with Gasteiger partial charge in [0.1, 0.15) is 5.75 Å². The normalized spacial score (nSPS) is 13.2. The highest BCUT2D eigenvalue weighted by Gasteiger charge is 2.18. The zero-order chi connectivity index (χ0) is 15.6. The summed E-state index contributed by atoms with van der Waals surface area (Å²) in [4.78, 5) is 3.94. The summed E-state index contributed by atoms with van der Waals surface area (Å²) in [7, 11) is -3.25. The quantitative estimate of drug-likeness (QED) is 0.668. The van der Waals surface area contributed by atoms with Crippen molar-refractivity contribution in [1.29, 1.82) is 0 Å². The third-order valence-electron chi connectivity index (χ3n) is 2.69. The molecule has 0 spiro atoms. The van der Waals surface area contributed by atoms with Crippen molar-refractivity contribution in [3.63, 3.8) is 0 Å². The number of nitrogens with zero attached hydrogens (tertiary/aromatic N) is 2. The molecule has 9 heteroatoms. The number of sulfone groups is 1. The van der Waals surface area contributed by atoms with E-state index in [1.807, 2.05) is 0 Å². The minimum Gasteiger partial charge on any atom is -0.504 e. The Morgan fingerprint density at radius 1 is 1.33 bits per heavy atom. The van der Waals surface area contributed by atoms with Crippen LogP contribution in [0.25, 0.3) is 0 Å². The van der Waals surface area contributed by atoms with Crippen molar-refractivity contribution in [3.05, 3.63) is 35.5 Å². The molecule has 114 valence electrons. The molecule has 1 aromatic carbocycles. The molecule has 0 fully saturated rings. The Morgan fingerprint density at radius 2 is 2.05 bits per heavy atom. The van der Waals surface area contributed by atoms with Crippen LogP contribution in [0.15, 0.2) is 22.7 Å². The first kappa shape index (κ1) is 15.3. The number of aromatic hydroxyl groups is 2. The average Bonchev–Trinajstić information content (AvgIpc) is 2.80. The Bertz CT molecular complexity index is 741. The van der Waals surface area contributed by atoms with E-state index >= 15 is 0 Å². The molecule has 0 aliphatic carbocycles. The molecule has 21 heavy (non-hydrogen) atoms. The second kappa shape index (κ2) is 5.70. The van der Waals surface area contributed by atoms with E-state index in [0.717, 1.165) is 6.26 Å². The van der Waals surface area contributed by atoms with Crippen molar-refractivity contribution in [1.82, 2.24) is 10.1 Å². The van der Waals surface area contributed by atoms with Crippen molar-refractivity contribution in [2.75, 3.05) is 6.26 Å². The highest BCUT2D eigenvalue weighted by molar-refractivity contribution is 7.89. The van der Waals surface area contributed by atoms with Gasteiger partial charge in [0.05, 0.1) is 6.04 Å². The van der Waals surface area contributed by atoms with Crippen LogP contribution in [-0.4, -0.2) is 35.0 Å². The van der Waals surface area contributed by atoms with Gasteiger partial charge in [-0.05, 0) is 24.1 Å². The standard InChI is InChI=1S/C12H15N3O5S/c1-21(18,19)6-11-14-12(20-15-11)8(13)4-7-2-3-9(16)10(17)5-7/h2-3,5,8,16-17H,4,6,13H2,1H3. The van der Waals surface area contributed by atoms with Crippen LogP contribution in [0.2, 0.25) is 0 Å². The molecule has 1 heterocycles. The minimum atomic E-state index is -3.25. The van der Waals surface area contributed by atoms with E-state index in [-0.39, 0.29) is 35.4 Å². The molecule has 1 unspecified atom stereocenters. The van der Waals surface area contributed by atoms with Gasteiger partial charge in [0.2, 0.25) is 5.89 Å². The summed E-state index contributed by atoms with van der Waals surface area (Å²) in [6, 6.07) is 3.68. The number of nitrogens with two attached hydrogens (primary N) is 1. The zero-order valence-electron chi connectivity index (χ0n) is 11.2. The summed E-state index contributed by atoms with van der Waals surface area (Å²) in [5.74, 6) is -0.621. The van der Waals surface area contributed by atoms with E-state index in [4.69, 9.17) is 10.3 Å². The fraction of sp³-hybridized carbons (Fsp3) is 0.333. The molecule has 1 aromatic heterocycles. The smallest absolute Gasteiger partial charge is 0.243 e. The van der Waals surface area contributed by atoms with Gasteiger partial charge in [0.15, 0.2) is 27.2 Å². The zero-order valence-corrected chi connectivity index (χ0v) is 12.0. The van der Waals surface area contributed by atoms with Crippen LogP contribution >= 0.6 is 0 Å². The van der Waals surface area contributed by atoms with Gasteiger partial charge in [0, 0.05) is 6.26 Å². The van der Waals surface area contributed by atoms with Crippen LogP contribution in [0, 0.1) is 0 Å².